The second-order valence-corrected chi connectivity index (χ2v) is 6.80. The molecule has 9 heteroatoms. The van der Waals surface area contributed by atoms with Crippen molar-refractivity contribution in [3.63, 3.8) is 0 Å². The molecule has 8 nitrogen and oxygen atoms in total. The van der Waals surface area contributed by atoms with E-state index in [4.69, 9.17) is 14.0 Å². The Hall–Kier alpha value is -1.62. The lowest BCUT2D eigenvalue weighted by molar-refractivity contribution is 0.169. The second kappa shape index (κ2) is 10.6. The lowest BCUT2D eigenvalue weighted by Gasteiger charge is -2.36. The van der Waals surface area contributed by atoms with Crippen molar-refractivity contribution in [2.24, 2.45) is 4.99 Å². The maximum absolute atomic E-state index is 5.39. The van der Waals surface area contributed by atoms with Gasteiger partial charge >= 0.3 is 0 Å². The van der Waals surface area contributed by atoms with Crippen LogP contribution in [-0.2, 0) is 13.1 Å². The van der Waals surface area contributed by atoms with Crippen LogP contribution in [0.3, 0.4) is 0 Å². The van der Waals surface area contributed by atoms with Gasteiger partial charge in [-0.25, -0.2) is 4.99 Å². The molecule has 2 aromatic heterocycles. The molecule has 0 radical (unpaired) electrons. The molecule has 3 heterocycles. The van der Waals surface area contributed by atoms with Crippen molar-refractivity contribution in [3.8, 4) is 0 Å². The maximum atomic E-state index is 5.39. The third-order valence-electron chi connectivity index (χ3n) is 4.44. The van der Waals surface area contributed by atoms with Crippen LogP contribution in [0.4, 0.5) is 0 Å². The van der Waals surface area contributed by atoms with Crippen LogP contribution in [0.5, 0.6) is 0 Å². The molecule has 1 saturated heterocycles. The summed E-state index contributed by atoms with van der Waals surface area (Å²) in [4.78, 5) is 9.41. The normalized spacial score (nSPS) is 15.9. The van der Waals surface area contributed by atoms with E-state index in [1.54, 1.807) is 6.26 Å². The van der Waals surface area contributed by atoms with Gasteiger partial charge in [-0.05, 0) is 12.8 Å². The maximum Gasteiger partial charge on any atom is 0.194 e. The third-order valence-corrected chi connectivity index (χ3v) is 4.44. The van der Waals surface area contributed by atoms with E-state index < -0.39 is 0 Å². The Balaban J connectivity index is 0.00000261. The molecule has 1 aliphatic rings. The van der Waals surface area contributed by atoms with Crippen molar-refractivity contribution in [1.29, 1.82) is 0 Å². The van der Waals surface area contributed by atoms with Crippen LogP contribution in [0.15, 0.2) is 32.4 Å². The zero-order chi connectivity index (χ0) is 18.4. The van der Waals surface area contributed by atoms with E-state index in [1.807, 2.05) is 12.1 Å². The van der Waals surface area contributed by atoms with Gasteiger partial charge in [-0.3, -0.25) is 4.90 Å². The van der Waals surface area contributed by atoms with Gasteiger partial charge in [0.05, 0.1) is 11.4 Å². The summed E-state index contributed by atoms with van der Waals surface area (Å²) in [6.45, 7) is 12.3. The highest BCUT2D eigenvalue weighted by molar-refractivity contribution is 14.0. The van der Waals surface area contributed by atoms with E-state index in [2.05, 4.69) is 46.2 Å². The van der Waals surface area contributed by atoms with Gasteiger partial charge in [-0.15, -0.1) is 24.0 Å². The summed E-state index contributed by atoms with van der Waals surface area (Å²) in [5.41, 5.74) is 1.95. The fraction of sp³-hybridized carbons (Fsp3) is 0.611. The minimum atomic E-state index is 0. The van der Waals surface area contributed by atoms with Gasteiger partial charge in [-0.2, -0.15) is 0 Å². The molecule has 0 aromatic carbocycles. The molecule has 1 N–H and O–H groups in total. The molecular weight excluding hydrogens is 459 g/mol. The quantitative estimate of drug-likeness (QED) is 0.381. The fourth-order valence-corrected chi connectivity index (χ4v) is 2.92. The van der Waals surface area contributed by atoms with Gasteiger partial charge in [0.2, 0.25) is 0 Å². The Morgan fingerprint density at radius 1 is 1.26 bits per heavy atom. The first kappa shape index (κ1) is 21.7. The minimum Gasteiger partial charge on any atom is -0.364 e. The molecule has 0 atom stereocenters. The monoisotopic (exact) mass is 488 g/mol. The van der Waals surface area contributed by atoms with Crippen molar-refractivity contribution >= 4 is 29.9 Å². The fourth-order valence-electron chi connectivity index (χ4n) is 2.92. The van der Waals surface area contributed by atoms with E-state index in [9.17, 15) is 0 Å². The van der Waals surface area contributed by atoms with Gasteiger partial charge in [0.25, 0.3) is 0 Å². The first-order chi connectivity index (χ1) is 12.7. The molecule has 0 bridgehead atoms. The molecule has 2 aromatic rings. The highest BCUT2D eigenvalue weighted by Gasteiger charge is 2.20. The first-order valence-electron chi connectivity index (χ1n) is 9.26. The zero-order valence-electron chi connectivity index (χ0n) is 16.2. The summed E-state index contributed by atoms with van der Waals surface area (Å²) in [5, 5.41) is 11.5. The Bertz CT molecular complexity index is 693. The Kier molecular flexibility index (Phi) is 8.55. The number of hydrogen-bond donors (Lipinski definition) is 1. The summed E-state index contributed by atoms with van der Waals surface area (Å²) in [7, 11) is 0. The zero-order valence-corrected chi connectivity index (χ0v) is 18.6. The molecule has 3 rings (SSSR count). The largest absolute Gasteiger partial charge is 0.364 e. The van der Waals surface area contributed by atoms with Crippen LogP contribution < -0.4 is 5.32 Å². The molecule has 150 valence electrons. The van der Waals surface area contributed by atoms with Crippen LogP contribution in [0.2, 0.25) is 0 Å². The predicted molar refractivity (Wildman–Crippen MR) is 114 cm³/mol. The molecule has 0 unspecified atom stereocenters. The number of rotatable bonds is 6. The smallest absolute Gasteiger partial charge is 0.194 e. The summed E-state index contributed by atoms with van der Waals surface area (Å²) >= 11 is 0. The van der Waals surface area contributed by atoms with Gasteiger partial charge < -0.3 is 19.3 Å². The van der Waals surface area contributed by atoms with E-state index in [0.29, 0.717) is 12.5 Å². The molecule has 1 fully saturated rings. The van der Waals surface area contributed by atoms with E-state index >= 15 is 0 Å². The van der Waals surface area contributed by atoms with Crippen molar-refractivity contribution < 1.29 is 9.05 Å². The average Bonchev–Trinajstić information content (AvgIpc) is 3.31. The standard InChI is InChI=1S/C18H28N6O2.HI/c1-4-19-18(20-12-16-11-17(14(2)3)22-26-16)24-8-6-23(7-9-24)13-15-5-10-25-21-15;/h5,10-11,14H,4,6-9,12-13H2,1-3H3,(H,19,20);1H. The molecule has 1 aliphatic heterocycles. The number of hydrogen-bond acceptors (Lipinski definition) is 6. The van der Waals surface area contributed by atoms with Crippen LogP contribution in [0.25, 0.3) is 0 Å². The highest BCUT2D eigenvalue weighted by Crippen LogP contribution is 2.15. The van der Waals surface area contributed by atoms with Crippen LogP contribution >= 0.6 is 24.0 Å². The van der Waals surface area contributed by atoms with Crippen LogP contribution in [-0.4, -0.2) is 58.8 Å². The van der Waals surface area contributed by atoms with E-state index in [0.717, 1.165) is 62.4 Å². The van der Waals surface area contributed by atoms with Gasteiger partial charge in [0.15, 0.2) is 11.7 Å². The first-order valence-corrected chi connectivity index (χ1v) is 9.26. The third kappa shape index (κ3) is 6.20. The number of aliphatic imine (C=N–C) groups is 1. The van der Waals surface area contributed by atoms with Crippen molar-refractivity contribution in [2.45, 2.75) is 39.8 Å². The highest BCUT2D eigenvalue weighted by atomic mass is 127. The van der Waals surface area contributed by atoms with E-state index in [1.165, 1.54) is 0 Å². The van der Waals surface area contributed by atoms with Gasteiger partial charge in [0.1, 0.15) is 12.8 Å². The van der Waals surface area contributed by atoms with Gasteiger partial charge in [0, 0.05) is 51.4 Å². The number of guanidine groups is 1. The summed E-state index contributed by atoms with van der Waals surface area (Å²) in [6.07, 6.45) is 1.62. The van der Waals surface area contributed by atoms with Crippen molar-refractivity contribution in [2.75, 3.05) is 32.7 Å². The Morgan fingerprint density at radius 2 is 2.04 bits per heavy atom. The Labute approximate surface area is 177 Å². The molecule has 0 spiro atoms. The average molecular weight is 488 g/mol. The summed E-state index contributed by atoms with van der Waals surface area (Å²) in [6, 6.07) is 3.91. The van der Waals surface area contributed by atoms with Crippen molar-refractivity contribution in [3.05, 3.63) is 35.5 Å². The summed E-state index contributed by atoms with van der Waals surface area (Å²) < 4.78 is 10.3. The number of halogens is 1. The molecule has 0 saturated carbocycles. The predicted octanol–water partition coefficient (Wildman–Crippen LogP) is 2.69. The number of nitrogens with zero attached hydrogens (tertiary/aromatic N) is 5. The van der Waals surface area contributed by atoms with Crippen molar-refractivity contribution in [1.82, 2.24) is 25.4 Å². The number of aromatic nitrogens is 2. The lowest BCUT2D eigenvalue weighted by atomic mass is 10.1. The molecule has 27 heavy (non-hydrogen) atoms. The molecule has 0 aliphatic carbocycles. The number of piperazine rings is 1. The topological polar surface area (TPSA) is 82.9 Å². The second-order valence-electron chi connectivity index (χ2n) is 6.80. The minimum absolute atomic E-state index is 0. The van der Waals surface area contributed by atoms with Crippen LogP contribution in [0, 0.1) is 0 Å². The molecule has 0 amide bonds. The lowest BCUT2D eigenvalue weighted by Crippen LogP contribution is -2.52. The summed E-state index contributed by atoms with van der Waals surface area (Å²) in [5.74, 6) is 2.09. The van der Waals surface area contributed by atoms with Gasteiger partial charge in [-0.1, -0.05) is 24.2 Å². The Morgan fingerprint density at radius 3 is 2.63 bits per heavy atom. The molecular formula is C18H29IN6O2. The SMILES string of the molecule is CCNC(=NCc1cc(C(C)C)no1)N1CCN(Cc2ccon2)CC1.I. The van der Waals surface area contributed by atoms with E-state index in [-0.39, 0.29) is 24.0 Å². The number of nitrogens with one attached hydrogen (secondary N) is 1. The van der Waals surface area contributed by atoms with Crippen LogP contribution in [0.1, 0.15) is 43.8 Å².